The second kappa shape index (κ2) is 5.71. The summed E-state index contributed by atoms with van der Waals surface area (Å²) >= 11 is 3.27. The Balaban J connectivity index is 2.08. The lowest BCUT2D eigenvalue weighted by Gasteiger charge is -2.10. The van der Waals surface area contributed by atoms with Crippen molar-refractivity contribution in [3.05, 3.63) is 52.8 Å². The summed E-state index contributed by atoms with van der Waals surface area (Å²) < 4.78 is 14.2. The van der Waals surface area contributed by atoms with Gasteiger partial charge in [0.15, 0.2) is 0 Å². The molecule has 0 aliphatic heterocycles. The van der Waals surface area contributed by atoms with Gasteiger partial charge < -0.3 is 16.4 Å². The minimum atomic E-state index is -0.556. The minimum absolute atomic E-state index is 0.107. The zero-order chi connectivity index (χ0) is 13.8. The number of anilines is 3. The van der Waals surface area contributed by atoms with E-state index in [0.29, 0.717) is 11.4 Å². The molecule has 0 aliphatic rings. The Kier molecular flexibility index (Phi) is 4.01. The number of hydrogen-bond donors (Lipinski definition) is 3. The van der Waals surface area contributed by atoms with Crippen LogP contribution in [0.5, 0.6) is 0 Å². The monoisotopic (exact) mass is 323 g/mol. The molecule has 4 nitrogen and oxygen atoms in total. The summed E-state index contributed by atoms with van der Waals surface area (Å²) in [6.45, 7) is 0. The average Bonchev–Trinajstić information content (AvgIpc) is 2.36. The van der Waals surface area contributed by atoms with E-state index in [1.165, 1.54) is 12.1 Å². The third kappa shape index (κ3) is 3.45. The summed E-state index contributed by atoms with van der Waals surface area (Å²) in [6.07, 6.45) is 0. The van der Waals surface area contributed by atoms with Crippen LogP contribution in [-0.2, 0) is 0 Å². The van der Waals surface area contributed by atoms with Crippen LogP contribution in [0.4, 0.5) is 26.2 Å². The van der Waals surface area contributed by atoms with Crippen LogP contribution in [0.15, 0.2) is 46.9 Å². The van der Waals surface area contributed by atoms with Crippen molar-refractivity contribution in [3.8, 4) is 0 Å². The first-order valence-electron chi connectivity index (χ1n) is 5.44. The van der Waals surface area contributed by atoms with Gasteiger partial charge >= 0.3 is 6.03 Å². The van der Waals surface area contributed by atoms with E-state index in [-0.39, 0.29) is 5.69 Å². The molecule has 2 aromatic carbocycles. The van der Waals surface area contributed by atoms with E-state index in [1.54, 1.807) is 30.3 Å². The van der Waals surface area contributed by atoms with E-state index in [4.69, 9.17) is 5.73 Å². The molecule has 0 heterocycles. The molecule has 0 saturated carbocycles. The Labute approximate surface area is 117 Å². The number of carbonyl (C=O) groups excluding carboxylic acids is 1. The maximum atomic E-state index is 13.3. The van der Waals surface area contributed by atoms with Crippen LogP contribution in [0.2, 0.25) is 0 Å². The molecule has 98 valence electrons. The van der Waals surface area contributed by atoms with E-state index in [9.17, 15) is 9.18 Å². The molecule has 0 radical (unpaired) electrons. The lowest BCUT2D eigenvalue weighted by atomic mass is 10.3. The molecule has 0 bridgehead atoms. The molecule has 0 fully saturated rings. The lowest BCUT2D eigenvalue weighted by molar-refractivity contribution is 0.262. The van der Waals surface area contributed by atoms with Crippen LogP contribution in [0.25, 0.3) is 0 Å². The number of urea groups is 1. The van der Waals surface area contributed by atoms with Crippen molar-refractivity contribution in [2.75, 3.05) is 16.4 Å². The second-order valence-corrected chi connectivity index (χ2v) is 4.71. The Morgan fingerprint density at radius 1 is 1.11 bits per heavy atom. The number of amides is 2. The van der Waals surface area contributed by atoms with Crippen molar-refractivity contribution in [2.45, 2.75) is 0 Å². The summed E-state index contributed by atoms with van der Waals surface area (Å²) in [7, 11) is 0. The summed E-state index contributed by atoms with van der Waals surface area (Å²) in [5.41, 5.74) is 6.72. The standard InChI is InChI=1S/C13H11BrFN3O/c14-8-5-6-12(10(16)7-8)18-13(19)17-11-4-2-1-3-9(11)15/h1-7H,16H2,(H2,17,18,19). The van der Waals surface area contributed by atoms with Gasteiger partial charge in [-0.1, -0.05) is 28.1 Å². The summed E-state index contributed by atoms with van der Waals surface area (Å²) in [5.74, 6) is -0.499. The minimum Gasteiger partial charge on any atom is -0.397 e. The topological polar surface area (TPSA) is 67.1 Å². The largest absolute Gasteiger partial charge is 0.397 e. The quantitative estimate of drug-likeness (QED) is 0.735. The molecule has 0 aliphatic carbocycles. The molecule has 2 amide bonds. The van der Waals surface area contributed by atoms with Gasteiger partial charge in [0.2, 0.25) is 0 Å². The Morgan fingerprint density at radius 3 is 2.47 bits per heavy atom. The highest BCUT2D eigenvalue weighted by atomic mass is 79.9. The highest BCUT2D eigenvalue weighted by Crippen LogP contribution is 2.23. The smallest absolute Gasteiger partial charge is 0.323 e. The van der Waals surface area contributed by atoms with Crippen molar-refractivity contribution < 1.29 is 9.18 Å². The molecule has 0 spiro atoms. The third-order valence-corrected chi connectivity index (χ3v) is 2.88. The fraction of sp³-hybridized carbons (Fsp3) is 0. The van der Waals surface area contributed by atoms with Crippen LogP contribution in [0, 0.1) is 5.82 Å². The highest BCUT2D eigenvalue weighted by Gasteiger charge is 2.08. The second-order valence-electron chi connectivity index (χ2n) is 3.79. The molecular weight excluding hydrogens is 313 g/mol. The van der Waals surface area contributed by atoms with E-state index in [0.717, 1.165) is 4.47 Å². The first-order chi connectivity index (χ1) is 9.06. The van der Waals surface area contributed by atoms with Gasteiger partial charge in [-0.05, 0) is 30.3 Å². The normalized spacial score (nSPS) is 10.0. The molecule has 0 unspecified atom stereocenters. The van der Waals surface area contributed by atoms with Gasteiger partial charge in [-0.15, -0.1) is 0 Å². The number of rotatable bonds is 2. The number of carbonyl (C=O) groups is 1. The maximum absolute atomic E-state index is 13.3. The van der Waals surface area contributed by atoms with Gasteiger partial charge in [0.05, 0.1) is 17.1 Å². The van der Waals surface area contributed by atoms with Gasteiger partial charge in [0.25, 0.3) is 0 Å². The number of nitrogen functional groups attached to an aromatic ring is 1. The van der Waals surface area contributed by atoms with Gasteiger partial charge in [-0.2, -0.15) is 0 Å². The molecule has 2 aromatic rings. The van der Waals surface area contributed by atoms with Crippen LogP contribution in [0.3, 0.4) is 0 Å². The Bertz CT molecular complexity index is 619. The third-order valence-electron chi connectivity index (χ3n) is 2.38. The predicted molar refractivity (Wildman–Crippen MR) is 77.6 cm³/mol. The van der Waals surface area contributed by atoms with Crippen molar-refractivity contribution in [2.24, 2.45) is 0 Å². The van der Waals surface area contributed by atoms with E-state index >= 15 is 0 Å². The number of halogens is 2. The SMILES string of the molecule is Nc1cc(Br)ccc1NC(=O)Nc1ccccc1F. The van der Waals surface area contributed by atoms with Crippen LogP contribution in [0.1, 0.15) is 0 Å². The zero-order valence-electron chi connectivity index (χ0n) is 9.78. The average molecular weight is 324 g/mol. The zero-order valence-corrected chi connectivity index (χ0v) is 11.4. The van der Waals surface area contributed by atoms with Crippen LogP contribution in [-0.4, -0.2) is 6.03 Å². The first-order valence-corrected chi connectivity index (χ1v) is 6.23. The lowest BCUT2D eigenvalue weighted by Crippen LogP contribution is -2.20. The molecule has 0 aromatic heterocycles. The molecule has 0 atom stereocenters. The van der Waals surface area contributed by atoms with Crippen LogP contribution >= 0.6 is 15.9 Å². The fourth-order valence-corrected chi connectivity index (χ4v) is 1.86. The molecule has 0 saturated heterocycles. The van der Waals surface area contributed by atoms with Crippen molar-refractivity contribution in [1.82, 2.24) is 0 Å². The predicted octanol–water partition coefficient (Wildman–Crippen LogP) is 3.81. The Morgan fingerprint density at radius 2 is 1.79 bits per heavy atom. The van der Waals surface area contributed by atoms with Crippen molar-refractivity contribution >= 4 is 39.0 Å². The number of nitrogens with two attached hydrogens (primary N) is 1. The molecular formula is C13H11BrFN3O. The van der Waals surface area contributed by atoms with Gasteiger partial charge in [0.1, 0.15) is 5.82 Å². The van der Waals surface area contributed by atoms with Gasteiger partial charge in [-0.25, -0.2) is 9.18 Å². The number of para-hydroxylation sites is 1. The highest BCUT2D eigenvalue weighted by molar-refractivity contribution is 9.10. The van der Waals surface area contributed by atoms with Crippen LogP contribution < -0.4 is 16.4 Å². The van der Waals surface area contributed by atoms with Gasteiger partial charge in [0, 0.05) is 4.47 Å². The summed E-state index contributed by atoms with van der Waals surface area (Å²) in [4.78, 5) is 11.7. The summed E-state index contributed by atoms with van der Waals surface area (Å²) in [5, 5.41) is 4.96. The maximum Gasteiger partial charge on any atom is 0.323 e. The first kappa shape index (κ1) is 13.4. The number of nitrogens with one attached hydrogen (secondary N) is 2. The molecule has 4 N–H and O–H groups in total. The Hall–Kier alpha value is -2.08. The van der Waals surface area contributed by atoms with E-state index in [2.05, 4.69) is 26.6 Å². The molecule has 2 rings (SSSR count). The van der Waals surface area contributed by atoms with Gasteiger partial charge in [-0.3, -0.25) is 0 Å². The van der Waals surface area contributed by atoms with Crippen molar-refractivity contribution in [3.63, 3.8) is 0 Å². The fourth-order valence-electron chi connectivity index (χ4n) is 1.49. The molecule has 6 heteroatoms. The van der Waals surface area contributed by atoms with E-state index in [1.807, 2.05) is 0 Å². The number of benzene rings is 2. The summed E-state index contributed by atoms with van der Waals surface area (Å²) in [6, 6.07) is 10.4. The van der Waals surface area contributed by atoms with Crippen molar-refractivity contribution in [1.29, 1.82) is 0 Å². The molecule has 19 heavy (non-hydrogen) atoms. The van der Waals surface area contributed by atoms with E-state index < -0.39 is 11.8 Å². The number of hydrogen-bond acceptors (Lipinski definition) is 2.